The highest BCUT2D eigenvalue weighted by atomic mass is 32.2. The topological polar surface area (TPSA) is 135 Å². The quantitative estimate of drug-likeness (QED) is 0.262. The maximum atomic E-state index is 12.3. The normalized spacial score (nSPS) is 17.0. The van der Waals surface area contributed by atoms with Crippen molar-refractivity contribution < 1.29 is 19.1 Å². The van der Waals surface area contributed by atoms with E-state index >= 15 is 0 Å². The Morgan fingerprint density at radius 3 is 2.58 bits per heavy atom. The Kier molecular flexibility index (Phi) is 7.39. The number of anilines is 2. The van der Waals surface area contributed by atoms with Gasteiger partial charge in [-0.05, 0) is 48.9 Å². The molecule has 1 fully saturated rings. The molecule has 31 heavy (non-hydrogen) atoms. The number of carbonyl (C=O) groups is 3. The monoisotopic (exact) mass is 439 g/mol. The van der Waals surface area contributed by atoms with Crippen LogP contribution in [0.5, 0.6) is 0 Å². The van der Waals surface area contributed by atoms with E-state index in [1.165, 1.54) is 0 Å². The van der Waals surface area contributed by atoms with Crippen molar-refractivity contribution in [2.24, 2.45) is 10.2 Å². The first-order valence-electron chi connectivity index (χ1n) is 9.45. The van der Waals surface area contributed by atoms with Crippen LogP contribution in [-0.4, -0.2) is 41.0 Å². The van der Waals surface area contributed by atoms with Crippen molar-refractivity contribution in [3.8, 4) is 0 Å². The van der Waals surface area contributed by atoms with E-state index in [2.05, 4.69) is 20.8 Å². The zero-order valence-corrected chi connectivity index (χ0v) is 17.5. The molecule has 1 aliphatic rings. The summed E-state index contributed by atoms with van der Waals surface area (Å²) in [5, 5.41) is 13.0. The van der Waals surface area contributed by atoms with Crippen molar-refractivity contribution in [3.05, 3.63) is 59.7 Å². The molecule has 1 saturated heterocycles. The van der Waals surface area contributed by atoms with Crippen LogP contribution in [0.2, 0.25) is 0 Å². The van der Waals surface area contributed by atoms with Crippen LogP contribution >= 0.6 is 11.8 Å². The van der Waals surface area contributed by atoms with Crippen molar-refractivity contribution in [1.29, 1.82) is 0 Å². The van der Waals surface area contributed by atoms with E-state index in [-0.39, 0.29) is 24.8 Å². The van der Waals surface area contributed by atoms with Gasteiger partial charge in [-0.3, -0.25) is 9.59 Å². The molecule has 0 radical (unpaired) electrons. The highest BCUT2D eigenvalue weighted by Gasteiger charge is 2.32. The number of benzene rings is 2. The Balaban J connectivity index is 1.51. The number of nitrogens with one attached hydrogen (secondary N) is 2. The van der Waals surface area contributed by atoms with Gasteiger partial charge in [-0.2, -0.15) is 5.10 Å². The number of ether oxygens (including phenoxy) is 1. The number of nitrogens with zero attached hydrogens (tertiary/aromatic N) is 2. The fourth-order valence-electron chi connectivity index (χ4n) is 2.60. The van der Waals surface area contributed by atoms with Gasteiger partial charge in [0.1, 0.15) is 5.25 Å². The first-order chi connectivity index (χ1) is 14.9. The van der Waals surface area contributed by atoms with Gasteiger partial charge in [-0.1, -0.05) is 23.9 Å². The second-order valence-electron chi connectivity index (χ2n) is 6.46. The number of hydrogen-bond donors (Lipinski definition) is 3. The van der Waals surface area contributed by atoms with E-state index in [1.54, 1.807) is 61.7 Å². The van der Waals surface area contributed by atoms with Gasteiger partial charge in [0.05, 0.1) is 18.4 Å². The number of rotatable bonds is 7. The maximum absolute atomic E-state index is 12.3. The number of amides is 2. The van der Waals surface area contributed by atoms with Crippen molar-refractivity contribution >= 4 is 52.3 Å². The number of thioether (sulfide) groups is 1. The van der Waals surface area contributed by atoms with Crippen molar-refractivity contribution in [2.45, 2.75) is 18.6 Å². The molecule has 2 amide bonds. The van der Waals surface area contributed by atoms with Gasteiger partial charge in [0.25, 0.3) is 0 Å². The average molecular weight is 439 g/mol. The molecule has 2 aromatic rings. The van der Waals surface area contributed by atoms with Crippen LogP contribution in [0, 0.1) is 0 Å². The molecule has 3 rings (SSSR count). The molecule has 0 aromatic heterocycles. The Morgan fingerprint density at radius 2 is 1.90 bits per heavy atom. The molecule has 1 heterocycles. The third kappa shape index (κ3) is 6.41. The SMILES string of the molecule is CCOC(=O)c1ccc(NC(=O)CC2S/C(=N/N=C/c3ccc(N)cc3)NC2=O)cc1. The Bertz CT molecular complexity index is 1020. The van der Waals surface area contributed by atoms with Gasteiger partial charge < -0.3 is 21.1 Å². The van der Waals surface area contributed by atoms with Crippen LogP contribution in [0.1, 0.15) is 29.3 Å². The summed E-state index contributed by atoms with van der Waals surface area (Å²) in [7, 11) is 0. The molecule has 0 saturated carbocycles. The minimum absolute atomic E-state index is 0.0309. The Hall–Kier alpha value is -3.66. The minimum atomic E-state index is -0.607. The molecule has 0 spiro atoms. The molecule has 2 aromatic carbocycles. The Morgan fingerprint density at radius 1 is 1.19 bits per heavy atom. The van der Waals surface area contributed by atoms with Crippen LogP contribution in [0.4, 0.5) is 11.4 Å². The molecular weight excluding hydrogens is 418 g/mol. The van der Waals surface area contributed by atoms with Gasteiger partial charge in [0.2, 0.25) is 11.8 Å². The molecule has 1 aliphatic heterocycles. The summed E-state index contributed by atoms with van der Waals surface area (Å²) >= 11 is 1.14. The second-order valence-corrected chi connectivity index (χ2v) is 7.65. The average Bonchev–Trinajstić information content (AvgIpc) is 3.09. The third-order valence-corrected chi connectivity index (χ3v) is 5.19. The highest BCUT2D eigenvalue weighted by molar-refractivity contribution is 8.15. The van der Waals surface area contributed by atoms with Crippen molar-refractivity contribution in [1.82, 2.24) is 5.32 Å². The first-order valence-corrected chi connectivity index (χ1v) is 10.3. The predicted molar refractivity (Wildman–Crippen MR) is 121 cm³/mol. The van der Waals surface area contributed by atoms with Gasteiger partial charge in [0.15, 0.2) is 5.17 Å². The number of carbonyl (C=O) groups excluding carboxylic acids is 3. The molecule has 160 valence electrons. The zero-order valence-electron chi connectivity index (χ0n) is 16.7. The molecular formula is C21H21N5O4S. The fourth-order valence-corrected chi connectivity index (χ4v) is 3.53. The van der Waals surface area contributed by atoms with Gasteiger partial charge in [-0.15, -0.1) is 5.10 Å². The van der Waals surface area contributed by atoms with E-state index in [0.717, 1.165) is 17.3 Å². The number of amidine groups is 1. The molecule has 10 heteroatoms. The lowest BCUT2D eigenvalue weighted by atomic mass is 10.2. The standard InChI is InChI=1S/C21H21N5O4S/c1-2-30-20(29)14-5-9-16(10-6-14)24-18(27)11-17-19(28)25-21(31-17)26-23-12-13-3-7-15(22)8-4-13/h3-10,12,17H,2,11,22H2,1H3,(H,24,27)(H,25,26,28)/b23-12+. The summed E-state index contributed by atoms with van der Waals surface area (Å²) in [5.74, 6) is -1.06. The second kappa shape index (κ2) is 10.4. The molecule has 1 atom stereocenters. The van der Waals surface area contributed by atoms with E-state index < -0.39 is 11.2 Å². The summed E-state index contributed by atoms with van der Waals surface area (Å²) < 4.78 is 4.92. The number of hydrogen-bond acceptors (Lipinski definition) is 8. The van der Waals surface area contributed by atoms with Crippen LogP contribution in [-0.2, 0) is 14.3 Å². The van der Waals surface area contributed by atoms with Gasteiger partial charge in [0, 0.05) is 17.8 Å². The van der Waals surface area contributed by atoms with E-state index in [0.29, 0.717) is 22.1 Å². The van der Waals surface area contributed by atoms with Crippen molar-refractivity contribution in [2.75, 3.05) is 17.7 Å². The summed E-state index contributed by atoms with van der Waals surface area (Å²) in [6.45, 7) is 2.02. The number of esters is 1. The smallest absolute Gasteiger partial charge is 0.338 e. The number of nitrogen functional groups attached to an aromatic ring is 1. The summed E-state index contributed by atoms with van der Waals surface area (Å²) in [6.07, 6.45) is 1.51. The summed E-state index contributed by atoms with van der Waals surface area (Å²) in [4.78, 5) is 36.1. The minimum Gasteiger partial charge on any atom is -0.462 e. The summed E-state index contributed by atoms with van der Waals surface area (Å²) in [6, 6.07) is 13.4. The zero-order chi connectivity index (χ0) is 22.2. The molecule has 0 aliphatic carbocycles. The predicted octanol–water partition coefficient (Wildman–Crippen LogP) is 2.40. The van der Waals surface area contributed by atoms with Crippen LogP contribution in [0.25, 0.3) is 0 Å². The van der Waals surface area contributed by atoms with E-state index in [1.807, 2.05) is 0 Å². The highest BCUT2D eigenvalue weighted by Crippen LogP contribution is 2.23. The lowest BCUT2D eigenvalue weighted by Gasteiger charge is -2.08. The first kappa shape index (κ1) is 22.0. The van der Waals surface area contributed by atoms with Crippen LogP contribution in [0.15, 0.2) is 58.7 Å². The van der Waals surface area contributed by atoms with Gasteiger partial charge >= 0.3 is 5.97 Å². The fraction of sp³-hybridized carbons (Fsp3) is 0.190. The largest absolute Gasteiger partial charge is 0.462 e. The van der Waals surface area contributed by atoms with E-state index in [9.17, 15) is 14.4 Å². The molecule has 0 bridgehead atoms. The van der Waals surface area contributed by atoms with E-state index in [4.69, 9.17) is 10.5 Å². The van der Waals surface area contributed by atoms with Crippen LogP contribution < -0.4 is 16.4 Å². The lowest BCUT2D eigenvalue weighted by molar-refractivity contribution is -0.122. The van der Waals surface area contributed by atoms with Crippen molar-refractivity contribution in [3.63, 3.8) is 0 Å². The van der Waals surface area contributed by atoms with Crippen LogP contribution in [0.3, 0.4) is 0 Å². The van der Waals surface area contributed by atoms with Gasteiger partial charge in [-0.25, -0.2) is 4.79 Å². The summed E-state index contributed by atoms with van der Waals surface area (Å²) in [5.41, 5.74) is 8.01. The lowest BCUT2D eigenvalue weighted by Crippen LogP contribution is -2.28. The molecule has 1 unspecified atom stereocenters. The number of nitrogens with two attached hydrogens (primary N) is 1. The molecule has 4 N–H and O–H groups in total. The maximum Gasteiger partial charge on any atom is 0.338 e. The molecule has 9 nitrogen and oxygen atoms in total. The Labute approximate surface area is 183 Å². The third-order valence-electron chi connectivity index (χ3n) is 4.12.